The molecule has 198 valence electrons. The Kier molecular flexibility index (Phi) is 8.42. The van der Waals surface area contributed by atoms with Gasteiger partial charge in [0.1, 0.15) is 17.6 Å². The highest BCUT2D eigenvalue weighted by Gasteiger charge is 2.43. The van der Waals surface area contributed by atoms with Crippen molar-refractivity contribution in [3.63, 3.8) is 0 Å². The summed E-state index contributed by atoms with van der Waals surface area (Å²) >= 11 is 5.69. The second-order valence-electron chi connectivity index (χ2n) is 8.56. The molecule has 1 saturated heterocycles. The van der Waals surface area contributed by atoms with Crippen LogP contribution in [-0.4, -0.2) is 55.7 Å². The van der Waals surface area contributed by atoms with Crippen molar-refractivity contribution in [2.45, 2.75) is 18.9 Å². The van der Waals surface area contributed by atoms with E-state index in [1.54, 1.807) is 50.5 Å². The molecule has 0 saturated carbocycles. The number of benzene rings is 3. The fourth-order valence-electron chi connectivity index (χ4n) is 4.26. The summed E-state index contributed by atoms with van der Waals surface area (Å²) in [6.45, 7) is 0.373. The van der Waals surface area contributed by atoms with Crippen molar-refractivity contribution < 1.29 is 28.2 Å². The Balaban J connectivity index is 1.55. The zero-order chi connectivity index (χ0) is 27.2. The molecule has 4 rings (SSSR count). The molecule has 0 aromatic heterocycles. The predicted octanol–water partition coefficient (Wildman–Crippen LogP) is 4.43. The minimum atomic E-state index is -0.828. The summed E-state index contributed by atoms with van der Waals surface area (Å²) in [5, 5.41) is 3.08. The summed E-state index contributed by atoms with van der Waals surface area (Å²) in [4.78, 5) is 29.6. The summed E-state index contributed by atoms with van der Waals surface area (Å²) in [6, 6.07) is 17.2. The Morgan fingerprint density at radius 1 is 0.947 bits per heavy atom. The molecular formula is C28H28FN3O5S. The van der Waals surface area contributed by atoms with Gasteiger partial charge < -0.3 is 24.4 Å². The Labute approximate surface area is 225 Å². The molecule has 2 amide bonds. The van der Waals surface area contributed by atoms with E-state index in [0.717, 1.165) is 5.56 Å². The van der Waals surface area contributed by atoms with Gasteiger partial charge in [0, 0.05) is 12.2 Å². The van der Waals surface area contributed by atoms with Crippen molar-refractivity contribution in [1.82, 2.24) is 4.90 Å². The summed E-state index contributed by atoms with van der Waals surface area (Å²) in [5.74, 6) is 0.752. The number of halogens is 1. The quantitative estimate of drug-likeness (QED) is 0.384. The third-order valence-electron chi connectivity index (χ3n) is 6.25. The number of nitrogens with zero attached hydrogens (tertiary/aromatic N) is 2. The third-order valence-corrected chi connectivity index (χ3v) is 6.66. The summed E-state index contributed by atoms with van der Waals surface area (Å²) in [7, 11) is 4.69. The lowest BCUT2D eigenvalue weighted by Crippen LogP contribution is -2.39. The molecule has 3 aromatic rings. The highest BCUT2D eigenvalue weighted by molar-refractivity contribution is 7.80. The molecule has 1 aliphatic heterocycles. The standard InChI is InChI=1S/C28H28FN3O5S/c1-35-22-11-7-20(8-12-22)30-26(33)17-23-27(34)32(21-9-5-19(29)6-10-21)28(38)31(23)15-14-18-4-13-24(36-2)25(16-18)37-3/h4-13,16,23H,14-15,17H2,1-3H3,(H,30,33). The van der Waals surface area contributed by atoms with Crippen LogP contribution in [0.3, 0.4) is 0 Å². The average molecular weight is 538 g/mol. The number of amides is 2. The van der Waals surface area contributed by atoms with Crippen LogP contribution in [0.5, 0.6) is 17.2 Å². The van der Waals surface area contributed by atoms with Gasteiger partial charge in [0.25, 0.3) is 5.91 Å². The SMILES string of the molecule is COc1ccc(NC(=O)CC2C(=O)N(c3ccc(F)cc3)C(=S)N2CCc2ccc(OC)c(OC)c2)cc1. The number of carbonyl (C=O) groups is 2. The first-order valence-corrected chi connectivity index (χ1v) is 12.3. The second-order valence-corrected chi connectivity index (χ2v) is 8.93. The van der Waals surface area contributed by atoms with Gasteiger partial charge in [-0.05, 0) is 84.9 Å². The molecule has 3 aromatic carbocycles. The van der Waals surface area contributed by atoms with E-state index in [0.29, 0.717) is 41.6 Å². The second kappa shape index (κ2) is 11.9. The maximum Gasteiger partial charge on any atom is 0.256 e. The maximum absolute atomic E-state index is 13.5. The van der Waals surface area contributed by atoms with Crippen LogP contribution in [0.2, 0.25) is 0 Å². The molecule has 1 heterocycles. The molecule has 1 aliphatic rings. The Bertz CT molecular complexity index is 1320. The topological polar surface area (TPSA) is 80.3 Å². The normalized spacial score (nSPS) is 15.0. The predicted molar refractivity (Wildman–Crippen MR) is 146 cm³/mol. The zero-order valence-electron chi connectivity index (χ0n) is 21.3. The molecule has 1 atom stereocenters. The number of ether oxygens (including phenoxy) is 3. The Morgan fingerprint density at radius 2 is 1.63 bits per heavy atom. The number of nitrogens with one attached hydrogen (secondary N) is 1. The van der Waals surface area contributed by atoms with Crippen LogP contribution in [0, 0.1) is 5.82 Å². The molecule has 1 unspecified atom stereocenters. The monoisotopic (exact) mass is 537 g/mol. The molecule has 38 heavy (non-hydrogen) atoms. The summed E-state index contributed by atoms with van der Waals surface area (Å²) in [6.07, 6.45) is 0.413. The number of hydrogen-bond donors (Lipinski definition) is 1. The maximum atomic E-state index is 13.5. The highest BCUT2D eigenvalue weighted by Crippen LogP contribution is 2.30. The minimum Gasteiger partial charge on any atom is -0.497 e. The van der Waals surface area contributed by atoms with Crippen molar-refractivity contribution in [3.05, 3.63) is 78.1 Å². The lowest BCUT2D eigenvalue weighted by Gasteiger charge is -2.24. The van der Waals surface area contributed by atoms with Gasteiger partial charge in [0.05, 0.1) is 33.4 Å². The first-order chi connectivity index (χ1) is 18.3. The van der Waals surface area contributed by atoms with Gasteiger partial charge in [0.2, 0.25) is 5.91 Å². The third kappa shape index (κ3) is 5.86. The minimum absolute atomic E-state index is 0.116. The van der Waals surface area contributed by atoms with Gasteiger partial charge in [0.15, 0.2) is 16.6 Å². The molecular weight excluding hydrogens is 509 g/mol. The van der Waals surface area contributed by atoms with Crippen LogP contribution in [0.25, 0.3) is 0 Å². The number of hydrogen-bond acceptors (Lipinski definition) is 6. The van der Waals surface area contributed by atoms with E-state index in [2.05, 4.69) is 5.32 Å². The van der Waals surface area contributed by atoms with E-state index in [4.69, 9.17) is 26.4 Å². The molecule has 0 bridgehead atoms. The van der Waals surface area contributed by atoms with E-state index in [9.17, 15) is 14.0 Å². The molecule has 0 radical (unpaired) electrons. The van der Waals surface area contributed by atoms with Crippen LogP contribution in [0.15, 0.2) is 66.7 Å². The fraction of sp³-hybridized carbons (Fsp3) is 0.250. The van der Waals surface area contributed by atoms with Crippen LogP contribution in [-0.2, 0) is 16.0 Å². The van der Waals surface area contributed by atoms with E-state index < -0.39 is 11.9 Å². The summed E-state index contributed by atoms with van der Waals surface area (Å²) < 4.78 is 29.4. The van der Waals surface area contributed by atoms with Crippen LogP contribution in [0.1, 0.15) is 12.0 Å². The molecule has 10 heteroatoms. The molecule has 0 aliphatic carbocycles. The first kappa shape index (κ1) is 26.9. The number of anilines is 2. The van der Waals surface area contributed by atoms with E-state index in [-0.39, 0.29) is 23.3 Å². The molecule has 1 fully saturated rings. The van der Waals surface area contributed by atoms with Gasteiger partial charge in [-0.25, -0.2) is 4.39 Å². The van der Waals surface area contributed by atoms with Gasteiger partial charge in [-0.15, -0.1) is 0 Å². The van der Waals surface area contributed by atoms with E-state index in [1.807, 2.05) is 18.2 Å². The van der Waals surface area contributed by atoms with Gasteiger partial charge in [-0.3, -0.25) is 14.5 Å². The molecule has 8 nitrogen and oxygen atoms in total. The van der Waals surface area contributed by atoms with Crippen LogP contribution >= 0.6 is 12.2 Å². The van der Waals surface area contributed by atoms with Crippen LogP contribution < -0.4 is 24.4 Å². The first-order valence-electron chi connectivity index (χ1n) is 11.9. The van der Waals surface area contributed by atoms with E-state index in [1.165, 1.54) is 29.2 Å². The number of thiocarbonyl (C=S) groups is 1. The van der Waals surface area contributed by atoms with Gasteiger partial charge in [-0.2, -0.15) is 0 Å². The number of methoxy groups -OCH3 is 3. The van der Waals surface area contributed by atoms with Crippen molar-refractivity contribution in [1.29, 1.82) is 0 Å². The number of rotatable bonds is 10. The largest absolute Gasteiger partial charge is 0.497 e. The zero-order valence-corrected chi connectivity index (χ0v) is 22.1. The Morgan fingerprint density at radius 3 is 2.26 bits per heavy atom. The van der Waals surface area contributed by atoms with Crippen molar-refractivity contribution in [2.75, 3.05) is 38.1 Å². The van der Waals surface area contributed by atoms with E-state index >= 15 is 0 Å². The fourth-order valence-corrected chi connectivity index (χ4v) is 4.68. The number of carbonyl (C=O) groups excluding carboxylic acids is 2. The van der Waals surface area contributed by atoms with Crippen LogP contribution in [0.4, 0.5) is 15.8 Å². The Hall–Kier alpha value is -4.18. The van der Waals surface area contributed by atoms with Gasteiger partial charge >= 0.3 is 0 Å². The van der Waals surface area contributed by atoms with Gasteiger partial charge in [-0.1, -0.05) is 6.07 Å². The van der Waals surface area contributed by atoms with Crippen molar-refractivity contribution >= 4 is 40.5 Å². The smallest absolute Gasteiger partial charge is 0.256 e. The highest BCUT2D eigenvalue weighted by atomic mass is 32.1. The lowest BCUT2D eigenvalue weighted by molar-refractivity contribution is -0.124. The molecule has 1 N–H and O–H groups in total. The summed E-state index contributed by atoms with van der Waals surface area (Å²) in [5.41, 5.74) is 1.96. The molecule has 0 spiro atoms. The lowest BCUT2D eigenvalue weighted by atomic mass is 10.1. The average Bonchev–Trinajstić information content (AvgIpc) is 3.16. The van der Waals surface area contributed by atoms with Crippen molar-refractivity contribution in [3.8, 4) is 17.2 Å². The van der Waals surface area contributed by atoms with Crippen molar-refractivity contribution in [2.24, 2.45) is 0 Å².